The minimum Gasteiger partial charge on any atom is -0.463 e. The Morgan fingerprint density at radius 3 is 2.61 bits per heavy atom. The molecule has 3 heterocycles. The van der Waals surface area contributed by atoms with Crippen molar-refractivity contribution >= 4 is 15.8 Å². The quantitative estimate of drug-likeness (QED) is 0.713. The molecule has 0 radical (unpaired) electrons. The molecule has 0 aliphatic carbocycles. The summed E-state index contributed by atoms with van der Waals surface area (Å²) in [5.74, 6) is 0.687. The van der Waals surface area contributed by atoms with Crippen molar-refractivity contribution in [3.8, 4) is 23.3 Å². The maximum absolute atomic E-state index is 11.2. The molecule has 3 aromatic heterocycles. The number of hydrogen-bond donors (Lipinski definition) is 2. The Morgan fingerprint density at radius 1 is 1.30 bits per heavy atom. The average Bonchev–Trinajstić information content (AvgIpc) is 3.14. The lowest BCUT2D eigenvalue weighted by Gasteiger charge is -2.03. The summed E-state index contributed by atoms with van der Waals surface area (Å²) in [6, 6.07) is 7.93. The molecule has 9 nitrogen and oxygen atoms in total. The molecular formula is C13H10N6O3S. The van der Waals surface area contributed by atoms with Gasteiger partial charge >= 0.3 is 0 Å². The molecule has 0 spiro atoms. The number of anilines is 1. The van der Waals surface area contributed by atoms with Crippen molar-refractivity contribution in [3.63, 3.8) is 0 Å². The summed E-state index contributed by atoms with van der Waals surface area (Å²) in [6.45, 7) is 0. The number of nitrogens with two attached hydrogens (primary N) is 2. The van der Waals surface area contributed by atoms with Gasteiger partial charge in [0.05, 0.1) is 6.26 Å². The second kappa shape index (κ2) is 5.24. The third kappa shape index (κ3) is 2.54. The van der Waals surface area contributed by atoms with Gasteiger partial charge in [0, 0.05) is 6.20 Å². The molecule has 3 rings (SSSR count). The Labute approximate surface area is 130 Å². The Bertz CT molecular complexity index is 997. The largest absolute Gasteiger partial charge is 0.463 e. The highest BCUT2D eigenvalue weighted by Gasteiger charge is 2.20. The van der Waals surface area contributed by atoms with Crippen LogP contribution in [0.3, 0.4) is 0 Å². The summed E-state index contributed by atoms with van der Waals surface area (Å²) >= 11 is 0. The Balaban J connectivity index is 2.13. The molecule has 0 aliphatic rings. The molecular weight excluding hydrogens is 320 g/mol. The topological polar surface area (TPSA) is 154 Å². The van der Waals surface area contributed by atoms with E-state index in [2.05, 4.69) is 10.1 Å². The van der Waals surface area contributed by atoms with Crippen LogP contribution in [0.5, 0.6) is 0 Å². The van der Waals surface area contributed by atoms with E-state index in [1.54, 1.807) is 12.1 Å². The lowest BCUT2D eigenvalue weighted by Crippen LogP contribution is -2.13. The maximum atomic E-state index is 11.2. The summed E-state index contributed by atoms with van der Waals surface area (Å²) < 4.78 is 28.9. The van der Waals surface area contributed by atoms with Gasteiger partial charge in [0.1, 0.15) is 28.0 Å². The van der Waals surface area contributed by atoms with Crippen LogP contribution in [0.1, 0.15) is 5.56 Å². The molecule has 116 valence electrons. The average molecular weight is 330 g/mol. The summed E-state index contributed by atoms with van der Waals surface area (Å²) in [7, 11) is -3.85. The van der Waals surface area contributed by atoms with Crippen molar-refractivity contribution in [2.24, 2.45) is 5.14 Å². The van der Waals surface area contributed by atoms with Gasteiger partial charge in [-0.3, -0.25) is 0 Å². The van der Waals surface area contributed by atoms with Crippen LogP contribution in [-0.4, -0.2) is 23.2 Å². The van der Waals surface area contributed by atoms with E-state index in [9.17, 15) is 13.7 Å². The van der Waals surface area contributed by atoms with Gasteiger partial charge in [-0.1, -0.05) is 0 Å². The zero-order chi connectivity index (χ0) is 16.6. The molecule has 0 amide bonds. The van der Waals surface area contributed by atoms with Crippen molar-refractivity contribution < 1.29 is 12.8 Å². The lowest BCUT2D eigenvalue weighted by molar-refractivity contribution is 0.578. The van der Waals surface area contributed by atoms with Gasteiger partial charge in [-0.2, -0.15) is 15.0 Å². The standard InChI is InChI=1S/C13H10N6O3S/c14-6-9-12(10-2-1-5-22-10)18-19(13(9)15)11-4-3-8(7-17-11)23(16,20)21/h1-5,7H,15H2,(H2,16,20,21). The molecule has 3 aromatic rings. The van der Waals surface area contributed by atoms with Crippen LogP contribution in [-0.2, 0) is 10.0 Å². The summed E-state index contributed by atoms with van der Waals surface area (Å²) in [6.07, 6.45) is 2.54. The lowest BCUT2D eigenvalue weighted by atomic mass is 10.2. The van der Waals surface area contributed by atoms with Crippen LogP contribution in [0.2, 0.25) is 0 Å². The molecule has 0 fully saturated rings. The van der Waals surface area contributed by atoms with Crippen molar-refractivity contribution in [2.75, 3.05) is 5.73 Å². The first-order valence-electron chi connectivity index (χ1n) is 6.23. The van der Waals surface area contributed by atoms with E-state index in [1.807, 2.05) is 6.07 Å². The molecule has 0 saturated heterocycles. The van der Waals surface area contributed by atoms with E-state index in [4.69, 9.17) is 15.3 Å². The van der Waals surface area contributed by atoms with Crippen LogP contribution >= 0.6 is 0 Å². The van der Waals surface area contributed by atoms with E-state index >= 15 is 0 Å². The Hall–Kier alpha value is -3.16. The number of rotatable bonds is 3. The maximum Gasteiger partial charge on any atom is 0.239 e. The number of nitrogen functional groups attached to an aromatic ring is 1. The first-order valence-corrected chi connectivity index (χ1v) is 7.78. The molecule has 0 bridgehead atoms. The van der Waals surface area contributed by atoms with Gasteiger partial charge in [-0.25, -0.2) is 18.5 Å². The van der Waals surface area contributed by atoms with E-state index in [0.29, 0.717) is 5.76 Å². The van der Waals surface area contributed by atoms with E-state index in [1.165, 1.54) is 23.1 Å². The van der Waals surface area contributed by atoms with E-state index in [-0.39, 0.29) is 27.8 Å². The summed E-state index contributed by atoms with van der Waals surface area (Å²) in [4.78, 5) is 3.83. The zero-order valence-corrected chi connectivity index (χ0v) is 12.4. The highest BCUT2D eigenvalue weighted by atomic mass is 32.2. The molecule has 0 aliphatic heterocycles. The number of furan rings is 1. The first kappa shape index (κ1) is 14.8. The van der Waals surface area contributed by atoms with Gasteiger partial charge in [-0.05, 0) is 24.3 Å². The molecule has 0 saturated carbocycles. The number of pyridine rings is 1. The molecule has 4 N–H and O–H groups in total. The highest BCUT2D eigenvalue weighted by molar-refractivity contribution is 7.89. The fourth-order valence-corrected chi connectivity index (χ4v) is 2.43. The monoisotopic (exact) mass is 330 g/mol. The third-order valence-electron chi connectivity index (χ3n) is 3.05. The normalized spacial score (nSPS) is 11.3. The number of aromatic nitrogens is 3. The minimum atomic E-state index is -3.85. The molecule has 0 atom stereocenters. The number of nitriles is 1. The van der Waals surface area contributed by atoms with E-state index < -0.39 is 10.0 Å². The molecule has 23 heavy (non-hydrogen) atoms. The molecule has 10 heteroatoms. The van der Waals surface area contributed by atoms with Gasteiger partial charge in [0.15, 0.2) is 11.6 Å². The van der Waals surface area contributed by atoms with Crippen LogP contribution < -0.4 is 10.9 Å². The third-order valence-corrected chi connectivity index (χ3v) is 3.95. The first-order chi connectivity index (χ1) is 10.9. The highest BCUT2D eigenvalue weighted by Crippen LogP contribution is 2.28. The number of sulfonamides is 1. The predicted molar refractivity (Wildman–Crippen MR) is 79.6 cm³/mol. The van der Waals surface area contributed by atoms with Crippen molar-refractivity contribution in [2.45, 2.75) is 4.90 Å². The van der Waals surface area contributed by atoms with Crippen molar-refractivity contribution in [3.05, 3.63) is 42.3 Å². The Kier molecular flexibility index (Phi) is 3.36. The molecule has 0 unspecified atom stereocenters. The van der Waals surface area contributed by atoms with Crippen LogP contribution in [0.25, 0.3) is 17.3 Å². The second-order valence-electron chi connectivity index (χ2n) is 4.51. The summed E-state index contributed by atoms with van der Waals surface area (Å²) in [5, 5.41) is 18.5. The molecule has 0 aromatic carbocycles. The number of hydrogen-bond acceptors (Lipinski definition) is 7. The summed E-state index contributed by atoms with van der Waals surface area (Å²) in [5.41, 5.74) is 6.34. The Morgan fingerprint density at radius 2 is 2.09 bits per heavy atom. The van der Waals surface area contributed by atoms with Gasteiger partial charge in [0.25, 0.3) is 0 Å². The SMILES string of the molecule is N#Cc1c(-c2ccco2)nn(-c2ccc(S(N)(=O)=O)cn2)c1N. The smallest absolute Gasteiger partial charge is 0.239 e. The van der Waals surface area contributed by atoms with Crippen LogP contribution in [0, 0.1) is 11.3 Å². The number of primary sulfonamides is 1. The predicted octanol–water partition coefficient (Wildman–Crippen LogP) is 0.629. The van der Waals surface area contributed by atoms with E-state index in [0.717, 1.165) is 6.20 Å². The van der Waals surface area contributed by atoms with Crippen LogP contribution in [0.15, 0.2) is 46.0 Å². The van der Waals surface area contributed by atoms with Gasteiger partial charge < -0.3 is 10.2 Å². The fraction of sp³-hybridized carbons (Fsp3) is 0. The van der Waals surface area contributed by atoms with Gasteiger partial charge in [-0.15, -0.1) is 0 Å². The minimum absolute atomic E-state index is 0.0646. The number of nitrogens with zero attached hydrogens (tertiary/aromatic N) is 4. The van der Waals surface area contributed by atoms with Crippen molar-refractivity contribution in [1.29, 1.82) is 5.26 Å². The fourth-order valence-electron chi connectivity index (χ4n) is 1.97. The second-order valence-corrected chi connectivity index (χ2v) is 6.07. The van der Waals surface area contributed by atoms with Crippen molar-refractivity contribution in [1.82, 2.24) is 14.8 Å². The van der Waals surface area contributed by atoms with Gasteiger partial charge in [0.2, 0.25) is 10.0 Å². The van der Waals surface area contributed by atoms with Crippen LogP contribution in [0.4, 0.5) is 5.82 Å². The zero-order valence-electron chi connectivity index (χ0n) is 11.5.